The van der Waals surface area contributed by atoms with E-state index < -0.39 is 0 Å². The molecule has 0 bridgehead atoms. The minimum atomic E-state index is -0.303. The summed E-state index contributed by atoms with van der Waals surface area (Å²) in [5.41, 5.74) is 1.09. The summed E-state index contributed by atoms with van der Waals surface area (Å²) in [5.74, 6) is -0.303. The SMILES string of the molecule is N#C/C(=C/NCc1cccc(Cl)c1)C(=O)NC1CCCC1. The molecular formula is C16H18ClN3O. The fourth-order valence-corrected chi connectivity index (χ4v) is 2.61. The maximum atomic E-state index is 12.0. The molecule has 0 radical (unpaired) electrons. The van der Waals surface area contributed by atoms with Gasteiger partial charge in [0.05, 0.1) is 0 Å². The first-order valence-electron chi connectivity index (χ1n) is 7.08. The normalized spacial score (nSPS) is 15.5. The fourth-order valence-electron chi connectivity index (χ4n) is 2.40. The molecule has 21 heavy (non-hydrogen) atoms. The van der Waals surface area contributed by atoms with Crippen molar-refractivity contribution in [1.29, 1.82) is 5.26 Å². The number of carbonyl (C=O) groups is 1. The van der Waals surface area contributed by atoms with Crippen LogP contribution in [0, 0.1) is 11.3 Å². The van der Waals surface area contributed by atoms with Gasteiger partial charge < -0.3 is 10.6 Å². The number of rotatable bonds is 5. The van der Waals surface area contributed by atoms with Gasteiger partial charge in [-0.1, -0.05) is 36.6 Å². The molecule has 2 N–H and O–H groups in total. The first-order chi connectivity index (χ1) is 10.2. The molecule has 1 fully saturated rings. The van der Waals surface area contributed by atoms with Crippen molar-refractivity contribution in [3.8, 4) is 6.07 Å². The molecule has 1 amide bonds. The van der Waals surface area contributed by atoms with Gasteiger partial charge in [-0.15, -0.1) is 0 Å². The molecule has 0 spiro atoms. The summed E-state index contributed by atoms with van der Waals surface area (Å²) in [6.07, 6.45) is 5.75. The number of benzene rings is 1. The number of nitrogens with zero attached hydrogens (tertiary/aromatic N) is 1. The highest BCUT2D eigenvalue weighted by atomic mass is 35.5. The Bertz CT molecular complexity index is 571. The lowest BCUT2D eigenvalue weighted by Gasteiger charge is -2.11. The highest BCUT2D eigenvalue weighted by molar-refractivity contribution is 6.30. The largest absolute Gasteiger partial charge is 0.386 e. The predicted molar refractivity (Wildman–Crippen MR) is 82.4 cm³/mol. The molecule has 0 aromatic heterocycles. The summed E-state index contributed by atoms with van der Waals surface area (Å²) in [4.78, 5) is 12.0. The van der Waals surface area contributed by atoms with Gasteiger partial charge in [0.15, 0.2) is 0 Å². The van der Waals surface area contributed by atoms with Gasteiger partial charge in [-0.25, -0.2) is 0 Å². The molecule has 4 nitrogen and oxygen atoms in total. The monoisotopic (exact) mass is 303 g/mol. The fraction of sp³-hybridized carbons (Fsp3) is 0.375. The Morgan fingerprint density at radius 2 is 2.19 bits per heavy atom. The van der Waals surface area contributed by atoms with Crippen molar-refractivity contribution in [3.63, 3.8) is 0 Å². The molecule has 0 saturated heterocycles. The van der Waals surface area contributed by atoms with E-state index in [1.165, 1.54) is 6.20 Å². The van der Waals surface area contributed by atoms with E-state index in [9.17, 15) is 4.79 Å². The van der Waals surface area contributed by atoms with Gasteiger partial charge in [0, 0.05) is 23.8 Å². The van der Waals surface area contributed by atoms with Crippen LogP contribution >= 0.6 is 11.6 Å². The van der Waals surface area contributed by atoms with E-state index >= 15 is 0 Å². The van der Waals surface area contributed by atoms with Crippen LogP contribution in [0.25, 0.3) is 0 Å². The minimum absolute atomic E-state index is 0.101. The Hall–Kier alpha value is -1.99. The Morgan fingerprint density at radius 1 is 1.43 bits per heavy atom. The number of nitriles is 1. The van der Waals surface area contributed by atoms with Crippen LogP contribution in [0.3, 0.4) is 0 Å². The van der Waals surface area contributed by atoms with Gasteiger partial charge in [0.25, 0.3) is 5.91 Å². The standard InChI is InChI=1S/C16H18ClN3O/c17-14-5-3-4-12(8-14)10-19-11-13(9-18)16(21)20-15-6-1-2-7-15/h3-5,8,11,15,19H,1-2,6-7,10H2,(H,20,21)/b13-11-. The van der Waals surface area contributed by atoms with Gasteiger partial charge in [-0.05, 0) is 30.5 Å². The van der Waals surface area contributed by atoms with Crippen LogP contribution in [-0.2, 0) is 11.3 Å². The van der Waals surface area contributed by atoms with Gasteiger partial charge in [0.1, 0.15) is 11.6 Å². The van der Waals surface area contributed by atoms with Crippen LogP contribution in [0.15, 0.2) is 36.0 Å². The quantitative estimate of drug-likeness (QED) is 0.649. The predicted octanol–water partition coefficient (Wildman–Crippen LogP) is 2.90. The van der Waals surface area contributed by atoms with Crippen LogP contribution in [0.4, 0.5) is 0 Å². The topological polar surface area (TPSA) is 64.9 Å². The third kappa shape index (κ3) is 4.80. The molecule has 110 valence electrons. The van der Waals surface area contributed by atoms with Crippen LogP contribution in [-0.4, -0.2) is 11.9 Å². The van der Waals surface area contributed by atoms with E-state index in [4.69, 9.17) is 16.9 Å². The Morgan fingerprint density at radius 3 is 2.86 bits per heavy atom. The highest BCUT2D eigenvalue weighted by Gasteiger charge is 2.19. The number of hydrogen-bond donors (Lipinski definition) is 2. The Kier molecular flexibility index (Phi) is 5.65. The summed E-state index contributed by atoms with van der Waals surface area (Å²) >= 11 is 5.90. The van der Waals surface area contributed by atoms with Crippen molar-refractivity contribution in [2.45, 2.75) is 38.3 Å². The molecular weight excluding hydrogens is 286 g/mol. The minimum Gasteiger partial charge on any atom is -0.386 e. The average Bonchev–Trinajstić information content (AvgIpc) is 2.96. The molecule has 5 heteroatoms. The van der Waals surface area contributed by atoms with Crippen molar-refractivity contribution in [2.24, 2.45) is 0 Å². The first-order valence-corrected chi connectivity index (χ1v) is 7.46. The second-order valence-corrected chi connectivity index (χ2v) is 5.57. The maximum absolute atomic E-state index is 12.0. The zero-order valence-electron chi connectivity index (χ0n) is 11.7. The van der Waals surface area contributed by atoms with Gasteiger partial charge >= 0.3 is 0 Å². The van der Waals surface area contributed by atoms with E-state index in [1.807, 2.05) is 24.3 Å². The van der Waals surface area contributed by atoms with Gasteiger partial charge in [-0.3, -0.25) is 4.79 Å². The first kappa shape index (κ1) is 15.4. The van der Waals surface area contributed by atoms with Crippen LogP contribution < -0.4 is 10.6 Å². The Labute approximate surface area is 129 Å². The van der Waals surface area contributed by atoms with E-state index in [0.717, 1.165) is 31.2 Å². The van der Waals surface area contributed by atoms with Crippen molar-refractivity contribution < 1.29 is 4.79 Å². The number of halogens is 1. The van der Waals surface area contributed by atoms with E-state index in [1.54, 1.807) is 6.07 Å². The lowest BCUT2D eigenvalue weighted by Crippen LogP contribution is -2.33. The summed E-state index contributed by atoms with van der Waals surface area (Å²) in [6.45, 7) is 0.516. The maximum Gasteiger partial charge on any atom is 0.263 e. The summed E-state index contributed by atoms with van der Waals surface area (Å²) in [7, 11) is 0. The van der Waals surface area contributed by atoms with E-state index in [-0.39, 0.29) is 17.5 Å². The lowest BCUT2D eigenvalue weighted by molar-refractivity contribution is -0.117. The molecule has 1 aliphatic rings. The smallest absolute Gasteiger partial charge is 0.263 e. The molecule has 0 atom stereocenters. The third-order valence-electron chi connectivity index (χ3n) is 3.50. The summed E-state index contributed by atoms with van der Waals surface area (Å²) in [5, 5.41) is 15.6. The van der Waals surface area contributed by atoms with Gasteiger partial charge in [0.2, 0.25) is 0 Å². The highest BCUT2D eigenvalue weighted by Crippen LogP contribution is 2.17. The number of carbonyl (C=O) groups excluding carboxylic acids is 1. The van der Waals surface area contributed by atoms with Crippen LogP contribution in [0.2, 0.25) is 5.02 Å². The van der Waals surface area contributed by atoms with Crippen molar-refractivity contribution >= 4 is 17.5 Å². The molecule has 0 heterocycles. The van der Waals surface area contributed by atoms with Crippen LogP contribution in [0.1, 0.15) is 31.2 Å². The van der Waals surface area contributed by atoms with Crippen molar-refractivity contribution in [3.05, 3.63) is 46.6 Å². The summed E-state index contributed by atoms with van der Waals surface area (Å²) in [6, 6.07) is 9.58. The van der Waals surface area contributed by atoms with Crippen molar-refractivity contribution in [2.75, 3.05) is 0 Å². The summed E-state index contributed by atoms with van der Waals surface area (Å²) < 4.78 is 0. The van der Waals surface area contributed by atoms with Crippen LogP contribution in [0.5, 0.6) is 0 Å². The zero-order valence-corrected chi connectivity index (χ0v) is 12.5. The molecule has 1 aromatic carbocycles. The molecule has 0 unspecified atom stereocenters. The number of amides is 1. The molecule has 0 aliphatic heterocycles. The van der Waals surface area contributed by atoms with E-state index in [2.05, 4.69) is 10.6 Å². The van der Waals surface area contributed by atoms with Crippen molar-refractivity contribution in [1.82, 2.24) is 10.6 Å². The molecule has 2 rings (SSSR count). The second-order valence-electron chi connectivity index (χ2n) is 5.14. The van der Waals surface area contributed by atoms with Gasteiger partial charge in [-0.2, -0.15) is 5.26 Å². The number of nitrogens with one attached hydrogen (secondary N) is 2. The third-order valence-corrected chi connectivity index (χ3v) is 3.73. The van der Waals surface area contributed by atoms with E-state index in [0.29, 0.717) is 11.6 Å². The average molecular weight is 304 g/mol. The molecule has 1 saturated carbocycles. The lowest BCUT2D eigenvalue weighted by atomic mass is 10.2. The Balaban J connectivity index is 1.87. The molecule has 1 aliphatic carbocycles. The second kappa shape index (κ2) is 7.70. The zero-order chi connectivity index (χ0) is 15.1. The number of hydrogen-bond acceptors (Lipinski definition) is 3. The molecule has 1 aromatic rings.